The average molecular weight is 564 g/mol. The lowest BCUT2D eigenvalue weighted by atomic mass is 9.98. The number of rotatable bonds is 9. The molecule has 0 aliphatic carbocycles. The van der Waals surface area contributed by atoms with Gasteiger partial charge < -0.3 is 9.47 Å². The maximum atomic E-state index is 13.3. The van der Waals surface area contributed by atoms with Crippen molar-refractivity contribution in [2.24, 2.45) is 0 Å². The fraction of sp³-hybridized carbons (Fsp3) is 0.321. The molecule has 1 aliphatic rings. The zero-order chi connectivity index (χ0) is 28.1. The lowest BCUT2D eigenvalue weighted by Gasteiger charge is -2.34. The standard InChI is InChI=1S/C28H28F3NO6S/c29-28(30,31)23-8-6-21(7-9-23)22-5-1-3-20(19-22)4-2-16-38-24-10-12-25(13-11-24)39(35,36)27(26(33)32-34)14-17-37-18-15-27/h1,3,5-13,19,34H,2,4,14-18H2,(H,32,33). The topological polar surface area (TPSA) is 102 Å². The number of benzene rings is 3. The third-order valence-electron chi connectivity index (χ3n) is 6.82. The molecule has 1 fully saturated rings. The molecule has 1 heterocycles. The van der Waals surface area contributed by atoms with Crippen LogP contribution in [0.3, 0.4) is 0 Å². The number of hydrogen-bond donors (Lipinski definition) is 2. The molecule has 208 valence electrons. The highest BCUT2D eigenvalue weighted by molar-refractivity contribution is 7.93. The third-order valence-corrected chi connectivity index (χ3v) is 9.33. The molecule has 0 radical (unpaired) electrons. The van der Waals surface area contributed by atoms with E-state index in [0.29, 0.717) is 30.8 Å². The Bertz CT molecular complexity index is 1380. The van der Waals surface area contributed by atoms with Crippen LogP contribution in [0.15, 0.2) is 77.7 Å². The van der Waals surface area contributed by atoms with E-state index < -0.39 is 32.2 Å². The zero-order valence-electron chi connectivity index (χ0n) is 20.9. The van der Waals surface area contributed by atoms with Gasteiger partial charge in [-0.1, -0.05) is 36.4 Å². The molecule has 7 nitrogen and oxygen atoms in total. The molecule has 1 amide bonds. The number of carbonyl (C=O) groups excluding carboxylic acids is 1. The van der Waals surface area contributed by atoms with Crippen LogP contribution in [0.25, 0.3) is 11.1 Å². The lowest BCUT2D eigenvalue weighted by Crippen LogP contribution is -2.54. The molecule has 1 aliphatic heterocycles. The van der Waals surface area contributed by atoms with Gasteiger partial charge in [0, 0.05) is 13.2 Å². The van der Waals surface area contributed by atoms with Crippen LogP contribution in [0.4, 0.5) is 13.2 Å². The molecule has 11 heteroatoms. The van der Waals surface area contributed by atoms with Gasteiger partial charge in [0.05, 0.1) is 17.1 Å². The zero-order valence-corrected chi connectivity index (χ0v) is 21.7. The van der Waals surface area contributed by atoms with E-state index in [0.717, 1.165) is 23.3 Å². The lowest BCUT2D eigenvalue weighted by molar-refractivity contribution is -0.137. The molecule has 0 aromatic heterocycles. The van der Waals surface area contributed by atoms with Crippen LogP contribution in [-0.2, 0) is 32.0 Å². The summed E-state index contributed by atoms with van der Waals surface area (Å²) in [6.45, 7) is 0.521. The highest BCUT2D eigenvalue weighted by atomic mass is 32.2. The van der Waals surface area contributed by atoms with Crippen LogP contribution in [0.2, 0.25) is 0 Å². The van der Waals surface area contributed by atoms with Crippen molar-refractivity contribution >= 4 is 15.7 Å². The highest BCUT2D eigenvalue weighted by Crippen LogP contribution is 2.36. The first-order valence-electron chi connectivity index (χ1n) is 12.3. The highest BCUT2D eigenvalue weighted by Gasteiger charge is 2.52. The molecule has 0 unspecified atom stereocenters. The van der Waals surface area contributed by atoms with Gasteiger partial charge in [0.2, 0.25) is 0 Å². The van der Waals surface area contributed by atoms with Gasteiger partial charge in [-0.25, -0.2) is 13.9 Å². The summed E-state index contributed by atoms with van der Waals surface area (Å²) in [5, 5.41) is 9.16. The van der Waals surface area contributed by atoms with Crippen LogP contribution >= 0.6 is 0 Å². The van der Waals surface area contributed by atoms with Crippen molar-refractivity contribution in [3.8, 4) is 16.9 Å². The minimum Gasteiger partial charge on any atom is -0.494 e. The molecule has 3 aromatic carbocycles. The molecule has 4 rings (SSSR count). The van der Waals surface area contributed by atoms with Crippen LogP contribution in [0, 0.1) is 0 Å². The Morgan fingerprint density at radius 1 is 0.974 bits per heavy atom. The third kappa shape index (κ3) is 6.26. The van der Waals surface area contributed by atoms with Crippen molar-refractivity contribution in [2.75, 3.05) is 19.8 Å². The number of alkyl halides is 3. The number of carbonyl (C=O) groups is 1. The number of sulfone groups is 1. The summed E-state index contributed by atoms with van der Waals surface area (Å²) >= 11 is 0. The Morgan fingerprint density at radius 2 is 1.64 bits per heavy atom. The predicted molar refractivity (Wildman–Crippen MR) is 137 cm³/mol. The van der Waals surface area contributed by atoms with E-state index in [1.807, 2.05) is 24.3 Å². The summed E-state index contributed by atoms with van der Waals surface area (Å²) in [7, 11) is -4.11. The maximum Gasteiger partial charge on any atom is 0.416 e. The first kappa shape index (κ1) is 28.6. The molecule has 0 atom stereocenters. The summed E-state index contributed by atoms with van der Waals surface area (Å²) in [6.07, 6.45) is -3.20. The second-order valence-electron chi connectivity index (χ2n) is 9.25. The van der Waals surface area contributed by atoms with Gasteiger partial charge in [0.25, 0.3) is 5.91 Å². The summed E-state index contributed by atoms with van der Waals surface area (Å²) < 4.78 is 74.3. The Kier molecular flexibility index (Phi) is 8.63. The van der Waals surface area contributed by atoms with E-state index >= 15 is 0 Å². The smallest absolute Gasteiger partial charge is 0.416 e. The Morgan fingerprint density at radius 3 is 2.26 bits per heavy atom. The largest absolute Gasteiger partial charge is 0.494 e. The van der Waals surface area contributed by atoms with Crippen molar-refractivity contribution in [3.63, 3.8) is 0 Å². The van der Waals surface area contributed by atoms with Crippen LogP contribution in [0.5, 0.6) is 5.75 Å². The number of nitrogens with one attached hydrogen (secondary N) is 1. The fourth-order valence-electron chi connectivity index (χ4n) is 4.59. The normalized spacial score (nSPS) is 15.5. The van der Waals surface area contributed by atoms with Gasteiger partial charge in [-0.15, -0.1) is 0 Å². The summed E-state index contributed by atoms with van der Waals surface area (Å²) in [6, 6.07) is 18.4. The Hall–Kier alpha value is -3.41. The molecular weight excluding hydrogens is 535 g/mol. The van der Waals surface area contributed by atoms with Crippen LogP contribution < -0.4 is 10.2 Å². The number of aryl methyl sites for hydroxylation is 1. The van der Waals surface area contributed by atoms with Gasteiger partial charge in [-0.3, -0.25) is 10.0 Å². The fourth-order valence-corrected chi connectivity index (χ4v) is 6.53. The van der Waals surface area contributed by atoms with E-state index in [4.69, 9.17) is 14.7 Å². The van der Waals surface area contributed by atoms with Gasteiger partial charge >= 0.3 is 6.18 Å². The van der Waals surface area contributed by atoms with Gasteiger partial charge in [0.1, 0.15) is 5.75 Å². The quantitative estimate of drug-likeness (QED) is 0.211. The number of halogens is 3. The molecule has 3 aromatic rings. The molecular formula is C28H28F3NO6S. The Balaban J connectivity index is 1.34. The van der Waals surface area contributed by atoms with E-state index in [-0.39, 0.29) is 31.0 Å². The number of ether oxygens (including phenoxy) is 2. The first-order valence-corrected chi connectivity index (χ1v) is 13.8. The Labute approximate surface area is 224 Å². The molecule has 0 bridgehead atoms. The van der Waals surface area contributed by atoms with Gasteiger partial charge in [0.15, 0.2) is 14.6 Å². The number of hydrogen-bond acceptors (Lipinski definition) is 6. The molecule has 0 saturated carbocycles. The van der Waals surface area contributed by atoms with Crippen molar-refractivity contribution < 1.29 is 41.1 Å². The van der Waals surface area contributed by atoms with Gasteiger partial charge in [-0.05, 0) is 78.8 Å². The first-order chi connectivity index (χ1) is 18.6. The second-order valence-corrected chi connectivity index (χ2v) is 11.5. The van der Waals surface area contributed by atoms with Crippen molar-refractivity contribution in [3.05, 3.63) is 83.9 Å². The number of hydroxylamine groups is 1. The van der Waals surface area contributed by atoms with Crippen LogP contribution in [0.1, 0.15) is 30.4 Å². The van der Waals surface area contributed by atoms with E-state index in [1.54, 1.807) is 0 Å². The molecule has 0 spiro atoms. The average Bonchev–Trinajstić information content (AvgIpc) is 2.95. The SMILES string of the molecule is O=C(NO)C1(S(=O)(=O)c2ccc(OCCCc3cccc(-c4ccc(C(F)(F)F)cc4)c3)cc2)CCOCC1. The van der Waals surface area contributed by atoms with Crippen molar-refractivity contribution in [1.82, 2.24) is 5.48 Å². The number of amides is 1. The predicted octanol–water partition coefficient (Wildman–Crippen LogP) is 5.21. The summed E-state index contributed by atoms with van der Waals surface area (Å²) in [5.41, 5.74) is 3.31. The summed E-state index contributed by atoms with van der Waals surface area (Å²) in [4.78, 5) is 12.3. The summed E-state index contributed by atoms with van der Waals surface area (Å²) in [5.74, 6) is -0.520. The molecule has 39 heavy (non-hydrogen) atoms. The van der Waals surface area contributed by atoms with E-state index in [9.17, 15) is 26.4 Å². The maximum absolute atomic E-state index is 13.3. The minimum absolute atomic E-state index is 0.0552. The molecule has 1 saturated heterocycles. The van der Waals surface area contributed by atoms with Gasteiger partial charge in [-0.2, -0.15) is 13.2 Å². The second kappa shape index (κ2) is 11.8. The van der Waals surface area contributed by atoms with Crippen LogP contribution in [-0.4, -0.2) is 44.1 Å². The van der Waals surface area contributed by atoms with Crippen molar-refractivity contribution in [1.29, 1.82) is 0 Å². The molecule has 2 N–H and O–H groups in total. The van der Waals surface area contributed by atoms with E-state index in [2.05, 4.69) is 0 Å². The monoisotopic (exact) mass is 563 g/mol. The van der Waals surface area contributed by atoms with Crippen molar-refractivity contribution in [2.45, 2.75) is 41.5 Å². The minimum atomic E-state index is -4.38. The van der Waals surface area contributed by atoms with E-state index in [1.165, 1.54) is 41.9 Å².